The van der Waals surface area contributed by atoms with Crippen molar-refractivity contribution in [3.8, 4) is 11.5 Å². The highest BCUT2D eigenvalue weighted by Crippen LogP contribution is 2.21. The fraction of sp³-hybridized carbons (Fsp3) is 0.476. The number of hydrogen-bond acceptors (Lipinski definition) is 5. The van der Waals surface area contributed by atoms with E-state index in [9.17, 15) is 4.79 Å². The molecule has 2 N–H and O–H groups in total. The van der Waals surface area contributed by atoms with Crippen LogP contribution in [0.4, 0.5) is 0 Å². The van der Waals surface area contributed by atoms with Crippen molar-refractivity contribution in [1.82, 2.24) is 15.6 Å². The molecule has 1 fully saturated rings. The quantitative estimate of drug-likeness (QED) is 0.314. The summed E-state index contributed by atoms with van der Waals surface area (Å²) in [6.07, 6.45) is 7.25. The minimum Gasteiger partial charge on any atom is -0.462 e. The fourth-order valence-corrected chi connectivity index (χ4v) is 3.19. The third-order valence-corrected chi connectivity index (χ3v) is 4.68. The molecular formula is C21H28N4O3. The Morgan fingerprint density at radius 2 is 2.04 bits per heavy atom. The van der Waals surface area contributed by atoms with Gasteiger partial charge in [-0.2, -0.15) is 0 Å². The minimum absolute atomic E-state index is 0.104. The summed E-state index contributed by atoms with van der Waals surface area (Å²) in [5.41, 5.74) is 1.74. The number of rotatable bonds is 8. The molecule has 1 aliphatic carbocycles. The van der Waals surface area contributed by atoms with E-state index in [1.165, 1.54) is 12.8 Å². The summed E-state index contributed by atoms with van der Waals surface area (Å²) in [5.74, 6) is 1.15. The van der Waals surface area contributed by atoms with Crippen molar-refractivity contribution in [2.45, 2.75) is 51.2 Å². The average molecular weight is 384 g/mol. The molecule has 1 aromatic carbocycles. The first-order chi connectivity index (χ1) is 13.7. The lowest BCUT2D eigenvalue weighted by Crippen LogP contribution is -2.37. The van der Waals surface area contributed by atoms with Gasteiger partial charge in [-0.3, -0.25) is 9.79 Å². The van der Waals surface area contributed by atoms with Crippen molar-refractivity contribution in [3.05, 3.63) is 42.3 Å². The van der Waals surface area contributed by atoms with Gasteiger partial charge in [0.05, 0.1) is 12.2 Å². The second-order valence-corrected chi connectivity index (χ2v) is 6.86. The van der Waals surface area contributed by atoms with Crippen LogP contribution in [0.25, 0.3) is 11.5 Å². The van der Waals surface area contributed by atoms with Crippen molar-refractivity contribution in [2.24, 2.45) is 4.99 Å². The summed E-state index contributed by atoms with van der Waals surface area (Å²) in [4.78, 5) is 20.5. The molecular weight excluding hydrogens is 356 g/mol. The minimum atomic E-state index is -0.104. The zero-order valence-electron chi connectivity index (χ0n) is 16.3. The summed E-state index contributed by atoms with van der Waals surface area (Å²) in [6.45, 7) is 1.15. The molecule has 0 radical (unpaired) electrons. The summed E-state index contributed by atoms with van der Waals surface area (Å²) >= 11 is 0. The van der Waals surface area contributed by atoms with E-state index in [-0.39, 0.29) is 12.1 Å². The van der Waals surface area contributed by atoms with E-state index in [2.05, 4.69) is 20.6 Å². The smallest absolute Gasteiger partial charge is 0.306 e. The Morgan fingerprint density at radius 1 is 1.25 bits per heavy atom. The monoisotopic (exact) mass is 384 g/mol. The van der Waals surface area contributed by atoms with E-state index in [1.807, 2.05) is 30.3 Å². The molecule has 28 heavy (non-hydrogen) atoms. The standard InChI is InChI=1S/C21H28N4O3/c1-22-21(23-13-7-12-19(26)28-18-10-5-6-11-18)24-14-17-15-27-20(25-17)16-8-3-2-4-9-16/h2-4,8-9,15,18H,5-7,10-14H2,1H3,(H2,22,23,24). The van der Waals surface area contributed by atoms with Gasteiger partial charge >= 0.3 is 5.97 Å². The molecule has 1 saturated carbocycles. The molecule has 0 spiro atoms. The van der Waals surface area contributed by atoms with Crippen LogP contribution in [-0.4, -0.2) is 36.6 Å². The fourth-order valence-electron chi connectivity index (χ4n) is 3.19. The Balaban J connectivity index is 1.34. The number of oxazole rings is 1. The van der Waals surface area contributed by atoms with Crippen molar-refractivity contribution in [2.75, 3.05) is 13.6 Å². The largest absolute Gasteiger partial charge is 0.462 e. The molecule has 2 aromatic rings. The molecule has 150 valence electrons. The Morgan fingerprint density at radius 3 is 2.79 bits per heavy atom. The van der Waals surface area contributed by atoms with E-state index in [0.29, 0.717) is 37.8 Å². The molecule has 7 nitrogen and oxygen atoms in total. The van der Waals surface area contributed by atoms with E-state index in [1.54, 1.807) is 13.3 Å². The van der Waals surface area contributed by atoms with E-state index < -0.39 is 0 Å². The topological polar surface area (TPSA) is 88.8 Å². The second-order valence-electron chi connectivity index (χ2n) is 6.86. The van der Waals surface area contributed by atoms with Gasteiger partial charge in [0.1, 0.15) is 12.4 Å². The first kappa shape index (κ1) is 19.9. The predicted octanol–water partition coefficient (Wildman–Crippen LogP) is 3.27. The number of aromatic nitrogens is 1. The Kier molecular flexibility index (Phi) is 7.46. The lowest BCUT2D eigenvalue weighted by atomic mass is 10.2. The highest BCUT2D eigenvalue weighted by Gasteiger charge is 2.18. The second kappa shape index (κ2) is 10.5. The average Bonchev–Trinajstić information content (AvgIpc) is 3.40. The molecule has 0 saturated heterocycles. The number of esters is 1. The molecule has 0 aliphatic heterocycles. The number of carbonyl (C=O) groups is 1. The van der Waals surface area contributed by atoms with Gasteiger partial charge in [-0.1, -0.05) is 18.2 Å². The maximum atomic E-state index is 11.8. The lowest BCUT2D eigenvalue weighted by Gasteiger charge is -2.12. The molecule has 1 aliphatic rings. The number of ether oxygens (including phenoxy) is 1. The summed E-state index contributed by atoms with van der Waals surface area (Å²) in [6, 6.07) is 9.78. The van der Waals surface area contributed by atoms with Gasteiger partial charge in [0.25, 0.3) is 0 Å². The van der Waals surface area contributed by atoms with E-state index in [0.717, 1.165) is 24.1 Å². The van der Waals surface area contributed by atoms with Crippen LogP contribution < -0.4 is 10.6 Å². The molecule has 0 unspecified atom stereocenters. The zero-order chi connectivity index (χ0) is 19.6. The maximum Gasteiger partial charge on any atom is 0.306 e. The number of hydrogen-bond donors (Lipinski definition) is 2. The summed E-state index contributed by atoms with van der Waals surface area (Å²) in [7, 11) is 1.71. The van der Waals surface area contributed by atoms with Crippen molar-refractivity contribution in [1.29, 1.82) is 0 Å². The number of guanidine groups is 1. The van der Waals surface area contributed by atoms with Gasteiger partial charge in [0, 0.05) is 25.6 Å². The number of benzene rings is 1. The normalized spacial score (nSPS) is 14.8. The molecule has 1 aromatic heterocycles. The van der Waals surface area contributed by atoms with Gasteiger partial charge in [-0.15, -0.1) is 0 Å². The highest BCUT2D eigenvalue weighted by molar-refractivity contribution is 5.79. The van der Waals surface area contributed by atoms with E-state index >= 15 is 0 Å². The Bertz CT molecular complexity index is 767. The molecule has 1 heterocycles. The number of nitrogens with one attached hydrogen (secondary N) is 2. The van der Waals surface area contributed by atoms with Gasteiger partial charge in [-0.25, -0.2) is 4.98 Å². The number of nitrogens with zero attached hydrogens (tertiary/aromatic N) is 2. The molecule has 7 heteroatoms. The SMILES string of the molecule is CN=C(NCCCC(=O)OC1CCCC1)NCc1coc(-c2ccccc2)n1. The van der Waals surface area contributed by atoms with Crippen LogP contribution >= 0.6 is 0 Å². The lowest BCUT2D eigenvalue weighted by molar-refractivity contribution is -0.148. The first-order valence-corrected chi connectivity index (χ1v) is 9.88. The van der Waals surface area contributed by atoms with Crippen molar-refractivity contribution >= 4 is 11.9 Å². The molecule has 3 rings (SSSR count). The first-order valence-electron chi connectivity index (χ1n) is 9.88. The highest BCUT2D eigenvalue weighted by atomic mass is 16.5. The van der Waals surface area contributed by atoms with Crippen LogP contribution in [0.5, 0.6) is 0 Å². The molecule has 0 amide bonds. The van der Waals surface area contributed by atoms with Crippen LogP contribution in [0.3, 0.4) is 0 Å². The third kappa shape index (κ3) is 6.11. The van der Waals surface area contributed by atoms with Crippen molar-refractivity contribution in [3.63, 3.8) is 0 Å². The summed E-state index contributed by atoms with van der Waals surface area (Å²) in [5, 5.41) is 6.40. The van der Waals surface area contributed by atoms with Crippen LogP contribution in [0.1, 0.15) is 44.2 Å². The van der Waals surface area contributed by atoms with Crippen molar-refractivity contribution < 1.29 is 13.9 Å². The van der Waals surface area contributed by atoms with Gasteiger partial charge in [-0.05, 0) is 44.2 Å². The summed E-state index contributed by atoms with van der Waals surface area (Å²) < 4.78 is 11.0. The number of aliphatic imine (C=N–C) groups is 1. The van der Waals surface area contributed by atoms with Gasteiger partial charge < -0.3 is 19.8 Å². The zero-order valence-corrected chi connectivity index (χ0v) is 16.3. The third-order valence-electron chi connectivity index (χ3n) is 4.68. The Hall–Kier alpha value is -2.83. The number of carbonyl (C=O) groups excluding carboxylic acids is 1. The predicted molar refractivity (Wildman–Crippen MR) is 108 cm³/mol. The van der Waals surface area contributed by atoms with E-state index in [4.69, 9.17) is 9.15 Å². The Labute approximate surface area is 165 Å². The van der Waals surface area contributed by atoms with Gasteiger partial charge in [0.15, 0.2) is 5.96 Å². The molecule has 0 bridgehead atoms. The van der Waals surface area contributed by atoms with Crippen LogP contribution in [0.15, 0.2) is 46.0 Å². The maximum absolute atomic E-state index is 11.8. The van der Waals surface area contributed by atoms with Crippen LogP contribution in [0.2, 0.25) is 0 Å². The molecule has 0 atom stereocenters. The van der Waals surface area contributed by atoms with Crippen LogP contribution in [0, 0.1) is 0 Å². The van der Waals surface area contributed by atoms with Crippen LogP contribution in [-0.2, 0) is 16.1 Å². The van der Waals surface area contributed by atoms with Gasteiger partial charge in [0.2, 0.25) is 5.89 Å².